The van der Waals surface area contributed by atoms with Crippen LogP contribution in [0, 0.1) is 10.1 Å². The van der Waals surface area contributed by atoms with E-state index in [9.17, 15) is 23.3 Å². The maximum absolute atomic E-state index is 11.7. The molecule has 0 fully saturated rings. The number of nitrogens with one attached hydrogen (secondary N) is 1. The predicted molar refractivity (Wildman–Crippen MR) is 67.4 cm³/mol. The fourth-order valence-electron chi connectivity index (χ4n) is 1.36. The van der Waals surface area contributed by atoms with Gasteiger partial charge in [0.2, 0.25) is 10.0 Å². The van der Waals surface area contributed by atoms with Crippen LogP contribution in [-0.4, -0.2) is 42.2 Å². The maximum atomic E-state index is 11.7. The minimum atomic E-state index is -3.98. The largest absolute Gasteiger partial charge is 0.480 e. The van der Waals surface area contributed by atoms with Gasteiger partial charge < -0.3 is 10.2 Å². The van der Waals surface area contributed by atoms with Gasteiger partial charge in [-0.1, -0.05) is 12.1 Å². The molecule has 110 valence electrons. The van der Waals surface area contributed by atoms with E-state index >= 15 is 0 Å². The molecule has 0 saturated carbocycles. The molecule has 0 aromatic heterocycles. The second kappa shape index (κ2) is 6.41. The van der Waals surface area contributed by atoms with E-state index in [1.54, 1.807) is 0 Å². The van der Waals surface area contributed by atoms with Crippen molar-refractivity contribution in [1.82, 2.24) is 4.72 Å². The number of aliphatic carboxylic acids is 1. The summed E-state index contributed by atoms with van der Waals surface area (Å²) in [6.07, 6.45) is 0. The van der Waals surface area contributed by atoms with Gasteiger partial charge in [0, 0.05) is 12.1 Å². The van der Waals surface area contributed by atoms with E-state index in [4.69, 9.17) is 10.2 Å². The Balaban J connectivity index is 2.80. The lowest BCUT2D eigenvalue weighted by Gasteiger charge is -2.12. The molecule has 10 heteroatoms. The van der Waals surface area contributed by atoms with Gasteiger partial charge in [0.05, 0.1) is 17.3 Å². The van der Waals surface area contributed by atoms with E-state index in [0.717, 1.165) is 12.1 Å². The number of non-ortho nitro benzene ring substituents is 1. The molecule has 0 spiro atoms. The van der Waals surface area contributed by atoms with Crippen LogP contribution in [0.15, 0.2) is 24.3 Å². The first kappa shape index (κ1) is 16.0. The summed E-state index contributed by atoms with van der Waals surface area (Å²) in [5.74, 6) is -2.05. The van der Waals surface area contributed by atoms with Gasteiger partial charge in [-0.15, -0.1) is 0 Å². The summed E-state index contributed by atoms with van der Waals surface area (Å²) in [4.78, 5) is 20.4. The van der Waals surface area contributed by atoms with Gasteiger partial charge in [0.15, 0.2) is 0 Å². The summed E-state index contributed by atoms with van der Waals surface area (Å²) < 4.78 is 25.2. The number of carboxylic acid groups (broad SMARTS) is 1. The normalized spacial score (nSPS) is 12.8. The number of nitrogens with zero attached hydrogens (tertiary/aromatic N) is 1. The molecule has 0 heterocycles. The average molecular weight is 304 g/mol. The molecule has 0 amide bonds. The number of nitro benzene ring substituents is 1. The third kappa shape index (κ3) is 4.57. The van der Waals surface area contributed by atoms with Gasteiger partial charge in [-0.3, -0.25) is 14.9 Å². The number of carbonyl (C=O) groups is 1. The molecule has 1 atom stereocenters. The first-order valence-corrected chi connectivity index (χ1v) is 6.97. The molecule has 1 aromatic carbocycles. The summed E-state index contributed by atoms with van der Waals surface area (Å²) in [7, 11) is -3.98. The summed E-state index contributed by atoms with van der Waals surface area (Å²) >= 11 is 0. The number of aliphatic hydroxyl groups is 1. The number of nitro groups is 1. The van der Waals surface area contributed by atoms with Crippen molar-refractivity contribution in [2.75, 3.05) is 6.61 Å². The van der Waals surface area contributed by atoms with Crippen LogP contribution in [0.4, 0.5) is 5.69 Å². The minimum Gasteiger partial charge on any atom is -0.480 e. The Morgan fingerprint density at radius 3 is 2.30 bits per heavy atom. The highest BCUT2D eigenvalue weighted by atomic mass is 32.2. The average Bonchev–Trinajstić information content (AvgIpc) is 2.35. The fourth-order valence-corrected chi connectivity index (χ4v) is 2.68. The molecule has 0 aliphatic heterocycles. The van der Waals surface area contributed by atoms with E-state index in [1.807, 2.05) is 4.72 Å². The van der Waals surface area contributed by atoms with Crippen LogP contribution in [0.2, 0.25) is 0 Å². The van der Waals surface area contributed by atoms with E-state index in [0.29, 0.717) is 0 Å². The van der Waals surface area contributed by atoms with Crippen LogP contribution in [0.5, 0.6) is 0 Å². The quantitative estimate of drug-likeness (QED) is 0.452. The Morgan fingerprint density at radius 1 is 1.35 bits per heavy atom. The summed E-state index contributed by atoms with van der Waals surface area (Å²) in [6.45, 7) is -0.880. The van der Waals surface area contributed by atoms with Gasteiger partial charge in [-0.25, -0.2) is 8.42 Å². The van der Waals surface area contributed by atoms with Crippen LogP contribution < -0.4 is 4.72 Å². The lowest BCUT2D eigenvalue weighted by Crippen LogP contribution is -2.43. The van der Waals surface area contributed by atoms with E-state index in [-0.39, 0.29) is 11.3 Å². The van der Waals surface area contributed by atoms with Crippen molar-refractivity contribution in [2.24, 2.45) is 0 Å². The van der Waals surface area contributed by atoms with Crippen molar-refractivity contribution in [3.05, 3.63) is 39.9 Å². The highest BCUT2D eigenvalue weighted by Crippen LogP contribution is 2.13. The second-order valence-corrected chi connectivity index (χ2v) is 5.63. The Labute approximate surface area is 114 Å². The van der Waals surface area contributed by atoms with Crippen LogP contribution >= 0.6 is 0 Å². The van der Waals surface area contributed by atoms with Crippen LogP contribution in [0.3, 0.4) is 0 Å². The van der Waals surface area contributed by atoms with E-state index < -0.39 is 39.3 Å². The Hall–Kier alpha value is -2.04. The molecule has 0 saturated heterocycles. The Morgan fingerprint density at radius 2 is 1.90 bits per heavy atom. The molecule has 3 N–H and O–H groups in total. The number of hydrogen-bond acceptors (Lipinski definition) is 6. The monoisotopic (exact) mass is 304 g/mol. The molecule has 1 unspecified atom stereocenters. The zero-order chi connectivity index (χ0) is 15.3. The standard InChI is InChI=1S/C10H12N2O7S/c13-5-9(10(14)15)11-20(18,19)6-7-1-3-8(4-2-7)12(16)17/h1-4,9,11,13H,5-6H2,(H,14,15). The number of carboxylic acids is 1. The molecule has 20 heavy (non-hydrogen) atoms. The van der Waals surface area contributed by atoms with Gasteiger partial charge in [-0.2, -0.15) is 4.72 Å². The van der Waals surface area contributed by atoms with Crippen LogP contribution in [0.25, 0.3) is 0 Å². The first-order chi connectivity index (χ1) is 9.25. The first-order valence-electron chi connectivity index (χ1n) is 5.32. The fraction of sp³-hybridized carbons (Fsp3) is 0.300. The molecule has 1 rings (SSSR count). The van der Waals surface area contributed by atoms with Gasteiger partial charge in [-0.05, 0) is 5.56 Å². The maximum Gasteiger partial charge on any atom is 0.324 e. The number of sulfonamides is 1. The zero-order valence-corrected chi connectivity index (χ0v) is 10.9. The predicted octanol–water partition coefficient (Wildman–Crippen LogP) is -0.540. The van der Waals surface area contributed by atoms with Gasteiger partial charge in [0.1, 0.15) is 6.04 Å². The van der Waals surface area contributed by atoms with Crippen molar-refractivity contribution in [3.8, 4) is 0 Å². The van der Waals surface area contributed by atoms with Crippen molar-refractivity contribution >= 4 is 21.7 Å². The summed E-state index contributed by atoms with van der Waals surface area (Å²) in [5, 5.41) is 27.8. The van der Waals surface area contributed by atoms with Gasteiger partial charge in [0.25, 0.3) is 5.69 Å². The van der Waals surface area contributed by atoms with Crippen molar-refractivity contribution in [1.29, 1.82) is 0 Å². The van der Waals surface area contributed by atoms with E-state index in [2.05, 4.69) is 0 Å². The number of aliphatic hydroxyl groups excluding tert-OH is 1. The SMILES string of the molecule is O=C(O)C(CO)NS(=O)(=O)Cc1ccc([N+](=O)[O-])cc1. The molecule has 1 aromatic rings. The lowest BCUT2D eigenvalue weighted by atomic mass is 10.2. The Bertz CT molecular complexity index is 597. The molecule has 9 nitrogen and oxygen atoms in total. The molecule has 0 aliphatic rings. The zero-order valence-electron chi connectivity index (χ0n) is 10.1. The molecular formula is C10H12N2O7S. The van der Waals surface area contributed by atoms with Crippen molar-refractivity contribution in [2.45, 2.75) is 11.8 Å². The highest BCUT2D eigenvalue weighted by Gasteiger charge is 2.23. The molecule has 0 radical (unpaired) electrons. The highest BCUT2D eigenvalue weighted by molar-refractivity contribution is 7.88. The minimum absolute atomic E-state index is 0.183. The topological polar surface area (TPSA) is 147 Å². The molecule has 0 aliphatic carbocycles. The van der Waals surface area contributed by atoms with Crippen LogP contribution in [-0.2, 0) is 20.6 Å². The van der Waals surface area contributed by atoms with E-state index in [1.165, 1.54) is 12.1 Å². The third-order valence-corrected chi connectivity index (χ3v) is 3.66. The lowest BCUT2D eigenvalue weighted by molar-refractivity contribution is -0.384. The smallest absolute Gasteiger partial charge is 0.324 e. The number of rotatable bonds is 7. The third-order valence-electron chi connectivity index (χ3n) is 2.31. The van der Waals surface area contributed by atoms with Crippen molar-refractivity contribution < 1.29 is 28.3 Å². The molecule has 0 bridgehead atoms. The summed E-state index contributed by atoms with van der Waals surface area (Å²) in [5.41, 5.74) is 0.0723. The van der Waals surface area contributed by atoms with Crippen LogP contribution in [0.1, 0.15) is 5.56 Å². The molecular weight excluding hydrogens is 292 g/mol. The summed E-state index contributed by atoms with van der Waals surface area (Å²) in [6, 6.07) is 3.17. The Kier molecular flexibility index (Phi) is 5.13. The second-order valence-electron chi connectivity index (χ2n) is 3.87. The van der Waals surface area contributed by atoms with Crippen molar-refractivity contribution in [3.63, 3.8) is 0 Å². The van der Waals surface area contributed by atoms with Gasteiger partial charge >= 0.3 is 5.97 Å². The number of benzene rings is 1. The number of hydrogen-bond donors (Lipinski definition) is 3.